The summed E-state index contributed by atoms with van der Waals surface area (Å²) in [5.74, 6) is -0.104. The molecule has 2 aromatic rings. The van der Waals surface area contributed by atoms with Gasteiger partial charge in [-0.1, -0.05) is 19.6 Å². The molecule has 3 N–H and O–H groups in total. The van der Waals surface area contributed by atoms with E-state index in [1.165, 1.54) is 6.20 Å². The number of carbonyl (C=O) groups excluding carboxylic acids is 1. The van der Waals surface area contributed by atoms with Crippen molar-refractivity contribution in [1.82, 2.24) is 15.0 Å². The number of amides is 1. The van der Waals surface area contributed by atoms with Gasteiger partial charge in [-0.3, -0.25) is 4.79 Å². The predicted octanol–water partition coefficient (Wildman–Crippen LogP) is 1.77. The summed E-state index contributed by atoms with van der Waals surface area (Å²) >= 11 is 0. The van der Waals surface area contributed by atoms with Gasteiger partial charge in [0, 0.05) is 14.3 Å². The Balaban J connectivity index is 2.16. The largest absolute Gasteiger partial charge is 0.477 e. The first-order valence-electron chi connectivity index (χ1n) is 6.13. The predicted molar refractivity (Wildman–Crippen MR) is 76.1 cm³/mol. The summed E-state index contributed by atoms with van der Waals surface area (Å²) in [7, 11) is -1.13. The third kappa shape index (κ3) is 3.31. The van der Waals surface area contributed by atoms with E-state index in [1.807, 2.05) is 0 Å². The summed E-state index contributed by atoms with van der Waals surface area (Å²) in [6.07, 6.45) is 3.06. The zero-order valence-corrected chi connectivity index (χ0v) is 12.4. The number of nitrogens with two attached hydrogens (primary N) is 1. The van der Waals surface area contributed by atoms with Crippen LogP contribution in [0.5, 0.6) is 5.88 Å². The molecule has 0 radical (unpaired) electrons. The molecule has 0 spiro atoms. The molecule has 0 aliphatic rings. The van der Waals surface area contributed by atoms with Gasteiger partial charge in [-0.25, -0.2) is 9.97 Å². The number of ether oxygens (including phenoxy) is 1. The van der Waals surface area contributed by atoms with E-state index in [4.69, 9.17) is 10.5 Å². The highest BCUT2D eigenvalue weighted by Crippen LogP contribution is 2.17. The standard InChI is InChI=1S/C12H18N4O2Si/c1-19(2,3)5-4-18-9-7-15-12-10(16-9)8(6-14-12)11(13)17/h6-7H,4-5H2,1-3H3,(H2,13,17)(H,14,15). The SMILES string of the molecule is C[Si](C)(C)CCOc1cnc2[nH]cc(C(N)=O)c2n1. The van der Waals surface area contributed by atoms with Gasteiger partial charge in [-0.05, 0) is 6.04 Å². The lowest BCUT2D eigenvalue weighted by atomic mass is 10.3. The summed E-state index contributed by atoms with van der Waals surface area (Å²) in [6.45, 7) is 7.46. The van der Waals surface area contributed by atoms with Crippen LogP contribution in [-0.4, -0.2) is 35.5 Å². The average molecular weight is 278 g/mol. The molecule has 0 fully saturated rings. The molecule has 6 nitrogen and oxygen atoms in total. The van der Waals surface area contributed by atoms with E-state index in [-0.39, 0.29) is 0 Å². The molecule has 0 saturated heterocycles. The Labute approximate surface area is 112 Å². The minimum atomic E-state index is -1.13. The Kier molecular flexibility index (Phi) is 3.56. The highest BCUT2D eigenvalue weighted by Gasteiger charge is 2.14. The maximum absolute atomic E-state index is 11.2. The number of hydrogen-bond acceptors (Lipinski definition) is 4. The molecule has 2 heterocycles. The van der Waals surface area contributed by atoms with Crippen LogP contribution in [0.1, 0.15) is 10.4 Å². The molecule has 102 valence electrons. The fourth-order valence-corrected chi connectivity index (χ4v) is 2.31. The Morgan fingerprint density at radius 1 is 1.47 bits per heavy atom. The number of nitrogens with one attached hydrogen (secondary N) is 1. The van der Waals surface area contributed by atoms with Gasteiger partial charge in [0.2, 0.25) is 5.88 Å². The summed E-state index contributed by atoms with van der Waals surface area (Å²) < 4.78 is 5.59. The monoisotopic (exact) mass is 278 g/mol. The van der Waals surface area contributed by atoms with Gasteiger partial charge in [0.25, 0.3) is 5.91 Å². The van der Waals surface area contributed by atoms with Crippen LogP contribution in [0, 0.1) is 0 Å². The van der Waals surface area contributed by atoms with Crippen molar-refractivity contribution in [2.45, 2.75) is 25.7 Å². The number of fused-ring (bicyclic) bond motifs is 1. The summed E-state index contributed by atoms with van der Waals surface area (Å²) in [5.41, 5.74) is 6.59. The molecule has 0 unspecified atom stereocenters. The Hall–Kier alpha value is -1.89. The maximum Gasteiger partial charge on any atom is 0.252 e. The zero-order valence-electron chi connectivity index (χ0n) is 11.4. The third-order valence-electron chi connectivity index (χ3n) is 2.73. The first-order valence-corrected chi connectivity index (χ1v) is 9.84. The van der Waals surface area contributed by atoms with E-state index in [2.05, 4.69) is 34.6 Å². The lowest BCUT2D eigenvalue weighted by Gasteiger charge is -2.15. The molecule has 0 bridgehead atoms. The van der Waals surface area contributed by atoms with Gasteiger partial charge in [0.1, 0.15) is 5.52 Å². The number of H-pyrrole nitrogens is 1. The van der Waals surface area contributed by atoms with Crippen LogP contribution < -0.4 is 10.5 Å². The van der Waals surface area contributed by atoms with E-state index in [1.54, 1.807) is 6.20 Å². The molecule has 0 saturated carbocycles. The molecular weight excluding hydrogens is 260 g/mol. The van der Waals surface area contributed by atoms with Crippen molar-refractivity contribution in [3.63, 3.8) is 0 Å². The van der Waals surface area contributed by atoms with Gasteiger partial charge < -0.3 is 15.5 Å². The van der Waals surface area contributed by atoms with Crippen molar-refractivity contribution in [3.05, 3.63) is 18.0 Å². The second-order valence-corrected chi connectivity index (χ2v) is 11.3. The second kappa shape index (κ2) is 5.00. The number of carbonyl (C=O) groups is 1. The normalized spacial score (nSPS) is 11.7. The number of aromatic amines is 1. The highest BCUT2D eigenvalue weighted by atomic mass is 28.3. The van der Waals surface area contributed by atoms with Crippen molar-refractivity contribution in [2.24, 2.45) is 5.73 Å². The van der Waals surface area contributed by atoms with Gasteiger partial charge in [-0.2, -0.15) is 0 Å². The smallest absolute Gasteiger partial charge is 0.252 e. The minimum Gasteiger partial charge on any atom is -0.477 e. The summed E-state index contributed by atoms with van der Waals surface area (Å²) in [6, 6.07) is 1.04. The van der Waals surface area contributed by atoms with Gasteiger partial charge in [-0.15, -0.1) is 0 Å². The summed E-state index contributed by atoms with van der Waals surface area (Å²) in [5, 5.41) is 0. The van der Waals surface area contributed by atoms with E-state index < -0.39 is 14.0 Å². The number of rotatable bonds is 5. The molecule has 2 aromatic heterocycles. The fourth-order valence-electron chi connectivity index (χ4n) is 1.59. The van der Waals surface area contributed by atoms with Crippen molar-refractivity contribution < 1.29 is 9.53 Å². The molecule has 7 heteroatoms. The van der Waals surface area contributed by atoms with Crippen LogP contribution in [0.2, 0.25) is 25.7 Å². The van der Waals surface area contributed by atoms with E-state index in [0.717, 1.165) is 6.04 Å². The van der Waals surface area contributed by atoms with Crippen LogP contribution in [0.4, 0.5) is 0 Å². The molecule has 0 aromatic carbocycles. The number of aromatic nitrogens is 3. The zero-order chi connectivity index (χ0) is 14.0. The highest BCUT2D eigenvalue weighted by molar-refractivity contribution is 6.76. The van der Waals surface area contributed by atoms with Crippen LogP contribution in [0.15, 0.2) is 12.4 Å². The van der Waals surface area contributed by atoms with Gasteiger partial charge >= 0.3 is 0 Å². The number of primary amides is 1. The van der Waals surface area contributed by atoms with E-state index in [9.17, 15) is 4.79 Å². The number of hydrogen-bond donors (Lipinski definition) is 2. The number of nitrogens with zero attached hydrogens (tertiary/aromatic N) is 2. The first kappa shape index (κ1) is 13.5. The Bertz CT molecular complexity index is 603. The fraction of sp³-hybridized carbons (Fsp3) is 0.417. The molecule has 0 aliphatic carbocycles. The topological polar surface area (TPSA) is 93.9 Å². The van der Waals surface area contributed by atoms with Crippen LogP contribution >= 0.6 is 0 Å². The molecule has 19 heavy (non-hydrogen) atoms. The molecule has 0 aliphatic heterocycles. The van der Waals surface area contributed by atoms with E-state index >= 15 is 0 Å². The third-order valence-corrected chi connectivity index (χ3v) is 4.43. The van der Waals surface area contributed by atoms with Crippen molar-refractivity contribution >= 4 is 25.1 Å². The van der Waals surface area contributed by atoms with E-state index in [0.29, 0.717) is 29.2 Å². The maximum atomic E-state index is 11.2. The summed E-state index contributed by atoms with van der Waals surface area (Å²) in [4.78, 5) is 22.5. The van der Waals surface area contributed by atoms with Crippen molar-refractivity contribution in [2.75, 3.05) is 6.61 Å². The average Bonchev–Trinajstić information content (AvgIpc) is 2.70. The van der Waals surface area contributed by atoms with Crippen LogP contribution in [0.25, 0.3) is 11.2 Å². The van der Waals surface area contributed by atoms with Gasteiger partial charge in [0.15, 0.2) is 5.65 Å². The Morgan fingerprint density at radius 2 is 2.21 bits per heavy atom. The van der Waals surface area contributed by atoms with Crippen molar-refractivity contribution in [1.29, 1.82) is 0 Å². The molecule has 1 amide bonds. The lowest BCUT2D eigenvalue weighted by Crippen LogP contribution is -2.22. The van der Waals surface area contributed by atoms with Crippen molar-refractivity contribution in [3.8, 4) is 5.88 Å². The quantitative estimate of drug-likeness (QED) is 0.815. The van der Waals surface area contributed by atoms with Gasteiger partial charge in [0.05, 0.1) is 18.4 Å². The first-order chi connectivity index (χ1) is 8.87. The van der Waals surface area contributed by atoms with Crippen LogP contribution in [-0.2, 0) is 0 Å². The molecular formula is C12H18N4O2Si. The van der Waals surface area contributed by atoms with Crippen LogP contribution in [0.3, 0.4) is 0 Å². The molecule has 2 rings (SSSR count). The Morgan fingerprint density at radius 3 is 2.84 bits per heavy atom. The lowest BCUT2D eigenvalue weighted by molar-refractivity contribution is 0.100. The molecule has 0 atom stereocenters. The minimum absolute atomic E-state index is 0.332. The second-order valence-electron chi connectivity index (χ2n) is 5.63.